The van der Waals surface area contributed by atoms with E-state index in [-0.39, 0.29) is 18.9 Å². The van der Waals surface area contributed by atoms with Gasteiger partial charge in [0.05, 0.1) is 12.5 Å². The Labute approximate surface area is 121 Å². The molecule has 1 rings (SSSR count). The van der Waals surface area contributed by atoms with Crippen LogP contribution in [0, 0.1) is 0 Å². The minimum atomic E-state index is -1.09. The number of benzene rings is 1. The van der Waals surface area contributed by atoms with E-state index in [1.807, 2.05) is 0 Å². The third-order valence-corrected chi connectivity index (χ3v) is 2.75. The maximum Gasteiger partial charge on any atom is 0.321 e. The van der Waals surface area contributed by atoms with Crippen molar-refractivity contribution in [3.8, 4) is 0 Å². The van der Waals surface area contributed by atoms with Crippen molar-refractivity contribution in [2.75, 3.05) is 0 Å². The smallest absolute Gasteiger partial charge is 0.321 e. The number of rotatable bonds is 5. The number of hydrogen-bond donors (Lipinski definition) is 3. The lowest BCUT2D eigenvalue weighted by molar-refractivity contribution is -0.138. The van der Waals surface area contributed by atoms with Gasteiger partial charge in [-0.1, -0.05) is 23.7 Å². The molecule has 3 N–H and O–H groups in total. The molecule has 0 aromatic heterocycles. The number of aliphatic carboxylic acids is 1. The predicted molar refractivity (Wildman–Crippen MR) is 73.4 cm³/mol. The van der Waals surface area contributed by atoms with E-state index in [2.05, 4.69) is 10.6 Å². The number of carbonyl (C=O) groups is 3. The summed E-state index contributed by atoms with van der Waals surface area (Å²) >= 11 is 5.84. The Bertz CT molecular complexity index is 519. The highest BCUT2D eigenvalue weighted by molar-refractivity contribution is 6.30. The number of carboxylic acids is 1. The maximum absolute atomic E-state index is 11.5. The van der Waals surface area contributed by atoms with Crippen molar-refractivity contribution >= 4 is 29.5 Å². The van der Waals surface area contributed by atoms with Crippen molar-refractivity contribution in [1.82, 2.24) is 10.6 Å². The molecule has 0 aliphatic carbocycles. The molecular weight excluding hydrogens is 284 g/mol. The van der Waals surface area contributed by atoms with Crippen LogP contribution in [0.3, 0.4) is 0 Å². The molecule has 0 bridgehead atoms. The van der Waals surface area contributed by atoms with E-state index in [4.69, 9.17) is 16.7 Å². The lowest BCUT2D eigenvalue weighted by Crippen LogP contribution is -2.40. The Balaban J connectivity index is 2.45. The second-order valence-corrected chi connectivity index (χ2v) is 4.63. The lowest BCUT2D eigenvalue weighted by Gasteiger charge is -2.14. The summed E-state index contributed by atoms with van der Waals surface area (Å²) in [6.07, 6.45) is -0.558. The van der Waals surface area contributed by atoms with Gasteiger partial charge in [-0.25, -0.2) is 4.79 Å². The zero-order chi connectivity index (χ0) is 15.1. The van der Waals surface area contributed by atoms with E-state index in [1.54, 1.807) is 31.2 Å². The number of amides is 3. The summed E-state index contributed by atoms with van der Waals surface area (Å²) in [4.78, 5) is 33.1. The molecule has 0 aliphatic rings. The Hall–Kier alpha value is -2.08. The summed E-state index contributed by atoms with van der Waals surface area (Å²) in [7, 11) is 0. The van der Waals surface area contributed by atoms with Gasteiger partial charge >= 0.3 is 12.0 Å². The van der Waals surface area contributed by atoms with E-state index in [0.29, 0.717) is 5.02 Å². The first-order chi connectivity index (χ1) is 9.38. The fraction of sp³-hybridized carbons (Fsp3) is 0.308. The molecule has 0 aliphatic heterocycles. The first kappa shape index (κ1) is 16.0. The van der Waals surface area contributed by atoms with Gasteiger partial charge in [0.25, 0.3) is 0 Å². The standard InChI is InChI=1S/C13H15ClN2O4/c1-8(9-3-2-4-10(14)7-9)15-13(20)16-11(17)5-6-12(18)19/h2-4,7-8H,5-6H2,1H3,(H,18,19)(H2,15,16,17,20). The van der Waals surface area contributed by atoms with Crippen molar-refractivity contribution in [3.63, 3.8) is 0 Å². The van der Waals surface area contributed by atoms with Crippen LogP contribution in [0.4, 0.5) is 4.79 Å². The number of urea groups is 1. The molecule has 3 amide bonds. The zero-order valence-electron chi connectivity index (χ0n) is 10.9. The normalized spacial score (nSPS) is 11.5. The van der Waals surface area contributed by atoms with Gasteiger partial charge in [-0.05, 0) is 24.6 Å². The fourth-order valence-electron chi connectivity index (χ4n) is 1.50. The summed E-state index contributed by atoms with van der Waals surface area (Å²) in [6.45, 7) is 1.74. The van der Waals surface area contributed by atoms with Gasteiger partial charge < -0.3 is 10.4 Å². The van der Waals surface area contributed by atoms with Gasteiger partial charge in [-0.3, -0.25) is 14.9 Å². The van der Waals surface area contributed by atoms with Crippen LogP contribution in [0.2, 0.25) is 5.02 Å². The molecule has 0 fully saturated rings. The number of carbonyl (C=O) groups excluding carboxylic acids is 2. The molecule has 1 unspecified atom stereocenters. The molecule has 1 atom stereocenters. The average molecular weight is 299 g/mol. The highest BCUT2D eigenvalue weighted by atomic mass is 35.5. The van der Waals surface area contributed by atoms with Gasteiger partial charge in [0.15, 0.2) is 0 Å². The quantitative estimate of drug-likeness (QED) is 0.775. The average Bonchev–Trinajstić information content (AvgIpc) is 2.36. The second-order valence-electron chi connectivity index (χ2n) is 4.19. The predicted octanol–water partition coefficient (Wildman–Crippen LogP) is 2.09. The summed E-state index contributed by atoms with van der Waals surface area (Å²) in [5, 5.41) is 13.6. The highest BCUT2D eigenvalue weighted by Gasteiger charge is 2.13. The first-order valence-corrected chi connectivity index (χ1v) is 6.34. The van der Waals surface area contributed by atoms with Crippen LogP contribution >= 0.6 is 11.6 Å². The van der Waals surface area contributed by atoms with Crippen molar-refractivity contribution in [3.05, 3.63) is 34.9 Å². The molecule has 0 spiro atoms. The van der Waals surface area contributed by atoms with Gasteiger partial charge in [0.1, 0.15) is 0 Å². The number of nitrogens with one attached hydrogen (secondary N) is 2. The Kier molecular flexibility index (Phi) is 5.99. The van der Waals surface area contributed by atoms with Crippen molar-refractivity contribution in [1.29, 1.82) is 0 Å². The Morgan fingerprint density at radius 2 is 2.00 bits per heavy atom. The molecule has 1 aromatic carbocycles. The van der Waals surface area contributed by atoms with Gasteiger partial charge in [0.2, 0.25) is 5.91 Å². The number of halogens is 1. The molecular formula is C13H15ClN2O4. The molecule has 108 valence electrons. The second kappa shape index (κ2) is 7.49. The monoisotopic (exact) mass is 298 g/mol. The summed E-state index contributed by atoms with van der Waals surface area (Å²) in [5.74, 6) is -1.73. The van der Waals surface area contributed by atoms with Gasteiger partial charge in [0, 0.05) is 11.4 Å². The molecule has 6 nitrogen and oxygen atoms in total. The Morgan fingerprint density at radius 3 is 2.60 bits per heavy atom. The SMILES string of the molecule is CC(NC(=O)NC(=O)CCC(=O)O)c1cccc(Cl)c1. The van der Waals surface area contributed by atoms with Crippen LogP contribution in [0.5, 0.6) is 0 Å². The minimum absolute atomic E-state index is 0.242. The van der Waals surface area contributed by atoms with Crippen molar-refractivity contribution < 1.29 is 19.5 Å². The molecule has 0 saturated carbocycles. The lowest BCUT2D eigenvalue weighted by atomic mass is 10.1. The Morgan fingerprint density at radius 1 is 1.30 bits per heavy atom. The largest absolute Gasteiger partial charge is 0.481 e. The van der Waals surface area contributed by atoms with Gasteiger partial charge in [-0.2, -0.15) is 0 Å². The van der Waals surface area contributed by atoms with Crippen LogP contribution in [0.15, 0.2) is 24.3 Å². The fourth-order valence-corrected chi connectivity index (χ4v) is 1.70. The molecule has 0 radical (unpaired) electrons. The van der Waals surface area contributed by atoms with Crippen LogP contribution in [-0.2, 0) is 9.59 Å². The van der Waals surface area contributed by atoms with Gasteiger partial charge in [-0.15, -0.1) is 0 Å². The van der Waals surface area contributed by atoms with E-state index >= 15 is 0 Å². The van der Waals surface area contributed by atoms with Crippen LogP contribution in [0.1, 0.15) is 31.4 Å². The number of hydrogen-bond acceptors (Lipinski definition) is 3. The minimum Gasteiger partial charge on any atom is -0.481 e. The molecule has 1 aromatic rings. The highest BCUT2D eigenvalue weighted by Crippen LogP contribution is 2.17. The van der Waals surface area contributed by atoms with E-state index in [0.717, 1.165) is 5.56 Å². The summed E-state index contributed by atoms with van der Waals surface area (Å²) in [6, 6.07) is 5.97. The molecule has 0 saturated heterocycles. The molecule has 0 heterocycles. The molecule has 20 heavy (non-hydrogen) atoms. The topological polar surface area (TPSA) is 95.5 Å². The van der Waals surface area contributed by atoms with Crippen LogP contribution in [0.25, 0.3) is 0 Å². The van der Waals surface area contributed by atoms with Crippen molar-refractivity contribution in [2.24, 2.45) is 0 Å². The van der Waals surface area contributed by atoms with Crippen molar-refractivity contribution in [2.45, 2.75) is 25.8 Å². The zero-order valence-corrected chi connectivity index (χ0v) is 11.6. The van der Waals surface area contributed by atoms with E-state index in [9.17, 15) is 14.4 Å². The maximum atomic E-state index is 11.5. The van der Waals surface area contributed by atoms with E-state index in [1.165, 1.54) is 0 Å². The first-order valence-electron chi connectivity index (χ1n) is 5.96. The summed E-state index contributed by atoms with van der Waals surface area (Å²) in [5.41, 5.74) is 0.797. The van der Waals surface area contributed by atoms with E-state index < -0.39 is 17.9 Å². The third-order valence-electron chi connectivity index (χ3n) is 2.52. The number of imide groups is 1. The van der Waals surface area contributed by atoms with Crippen LogP contribution < -0.4 is 10.6 Å². The summed E-state index contributed by atoms with van der Waals surface area (Å²) < 4.78 is 0. The molecule has 7 heteroatoms. The van der Waals surface area contributed by atoms with Crippen LogP contribution in [-0.4, -0.2) is 23.0 Å². The number of carboxylic acid groups (broad SMARTS) is 1. The third kappa shape index (κ3) is 5.71.